The zero-order valence-electron chi connectivity index (χ0n) is 10.2. The minimum absolute atomic E-state index is 0.238. The van der Waals surface area contributed by atoms with E-state index >= 15 is 0 Å². The summed E-state index contributed by atoms with van der Waals surface area (Å²) >= 11 is 0. The first-order chi connectivity index (χ1) is 7.54. The van der Waals surface area contributed by atoms with Crippen molar-refractivity contribution < 1.29 is 5.11 Å². The summed E-state index contributed by atoms with van der Waals surface area (Å²) in [6.07, 6.45) is 1.20. The van der Waals surface area contributed by atoms with E-state index in [0.29, 0.717) is 17.7 Å². The zero-order chi connectivity index (χ0) is 11.5. The van der Waals surface area contributed by atoms with Crippen LogP contribution >= 0.6 is 0 Å². The Morgan fingerprint density at radius 3 is 2.94 bits per heavy atom. The Morgan fingerprint density at radius 2 is 2.19 bits per heavy atom. The number of fused-ring (bicyclic) bond motifs is 3. The fourth-order valence-corrected chi connectivity index (χ4v) is 4.02. The van der Waals surface area contributed by atoms with Crippen molar-refractivity contribution in [2.75, 3.05) is 13.6 Å². The molecule has 1 aliphatic carbocycles. The number of hydrogen-bond acceptors (Lipinski definition) is 2. The Kier molecular flexibility index (Phi) is 1.91. The predicted octanol–water partition coefficient (Wildman–Crippen LogP) is 2.47. The molecule has 0 aromatic heterocycles. The number of likely N-dealkylation sites (N-methyl/N-ethyl adjacent to an activating group) is 1. The summed E-state index contributed by atoms with van der Waals surface area (Å²) in [7, 11) is 2.22. The second kappa shape index (κ2) is 3.01. The first kappa shape index (κ1) is 10.2. The minimum Gasteiger partial charge on any atom is -0.508 e. The zero-order valence-corrected chi connectivity index (χ0v) is 10.2. The lowest BCUT2D eigenvalue weighted by atomic mass is 9.80. The molecule has 1 saturated heterocycles. The van der Waals surface area contributed by atoms with Crippen LogP contribution in [0.2, 0.25) is 0 Å². The summed E-state index contributed by atoms with van der Waals surface area (Å²) in [6, 6.07) is 6.50. The standard InChI is InChI=1S/C14H19NO/c1-9-11-5-4-10(16)8-12(11)14(2)6-7-15(3)13(9)14/h4-5,8-9,13,16H,6-7H2,1-3H3/t9-,13+,14-/m0/s1. The van der Waals surface area contributed by atoms with E-state index in [4.69, 9.17) is 0 Å². The minimum atomic E-state index is 0.238. The number of aromatic hydroxyl groups is 1. The number of hydrogen-bond donors (Lipinski definition) is 1. The number of likely N-dealkylation sites (tertiary alicyclic amines) is 1. The van der Waals surface area contributed by atoms with Crippen molar-refractivity contribution in [1.82, 2.24) is 4.90 Å². The molecule has 3 rings (SSSR count). The summed E-state index contributed by atoms with van der Waals surface area (Å²) in [4.78, 5) is 2.47. The van der Waals surface area contributed by atoms with Crippen molar-refractivity contribution in [3.63, 3.8) is 0 Å². The van der Waals surface area contributed by atoms with Gasteiger partial charge in [0.2, 0.25) is 0 Å². The van der Waals surface area contributed by atoms with Gasteiger partial charge < -0.3 is 10.0 Å². The maximum atomic E-state index is 9.67. The average Bonchev–Trinajstić information content (AvgIpc) is 2.65. The maximum absolute atomic E-state index is 9.67. The Bertz CT molecular complexity index is 442. The Balaban J connectivity index is 2.20. The van der Waals surface area contributed by atoms with E-state index in [-0.39, 0.29) is 5.41 Å². The third-order valence-electron chi connectivity index (χ3n) is 4.73. The number of benzene rings is 1. The van der Waals surface area contributed by atoms with Gasteiger partial charge in [0.15, 0.2) is 0 Å². The van der Waals surface area contributed by atoms with E-state index in [1.54, 1.807) is 0 Å². The highest BCUT2D eigenvalue weighted by Crippen LogP contribution is 2.53. The smallest absolute Gasteiger partial charge is 0.115 e. The molecule has 1 fully saturated rings. The first-order valence-electron chi connectivity index (χ1n) is 6.07. The van der Waals surface area contributed by atoms with Gasteiger partial charge in [-0.25, -0.2) is 0 Å². The van der Waals surface area contributed by atoms with Crippen molar-refractivity contribution in [3.05, 3.63) is 29.3 Å². The maximum Gasteiger partial charge on any atom is 0.115 e. The molecule has 0 amide bonds. The molecule has 16 heavy (non-hydrogen) atoms. The molecule has 1 aromatic rings. The molecule has 3 atom stereocenters. The van der Waals surface area contributed by atoms with E-state index in [0.717, 1.165) is 0 Å². The highest BCUT2D eigenvalue weighted by Gasteiger charge is 2.52. The van der Waals surface area contributed by atoms with Gasteiger partial charge in [-0.3, -0.25) is 0 Å². The van der Waals surface area contributed by atoms with Crippen molar-refractivity contribution in [1.29, 1.82) is 0 Å². The molecule has 2 heteroatoms. The fraction of sp³-hybridized carbons (Fsp3) is 0.571. The predicted molar refractivity (Wildman–Crippen MR) is 64.9 cm³/mol. The summed E-state index contributed by atoms with van der Waals surface area (Å²) in [6.45, 7) is 5.83. The van der Waals surface area contributed by atoms with E-state index in [9.17, 15) is 5.11 Å². The Labute approximate surface area is 96.9 Å². The summed E-state index contributed by atoms with van der Waals surface area (Å²) in [5.74, 6) is 0.982. The van der Waals surface area contributed by atoms with Gasteiger partial charge >= 0.3 is 0 Å². The van der Waals surface area contributed by atoms with Crippen LogP contribution in [0.5, 0.6) is 5.75 Å². The topological polar surface area (TPSA) is 23.5 Å². The van der Waals surface area contributed by atoms with Crippen molar-refractivity contribution >= 4 is 0 Å². The van der Waals surface area contributed by atoms with Gasteiger partial charge in [0.05, 0.1) is 0 Å². The molecule has 0 saturated carbocycles. The largest absolute Gasteiger partial charge is 0.508 e. The number of nitrogens with zero attached hydrogens (tertiary/aromatic N) is 1. The van der Waals surface area contributed by atoms with E-state index in [2.05, 4.69) is 31.9 Å². The molecule has 0 spiro atoms. The molecule has 2 aliphatic rings. The van der Waals surface area contributed by atoms with Crippen molar-refractivity contribution in [2.45, 2.75) is 37.6 Å². The van der Waals surface area contributed by atoms with Gasteiger partial charge in [-0.05, 0) is 49.2 Å². The molecule has 0 bridgehead atoms. The Morgan fingerprint density at radius 1 is 1.44 bits per heavy atom. The van der Waals surface area contributed by atoms with Crippen LogP contribution in [0.3, 0.4) is 0 Å². The average molecular weight is 217 g/mol. The van der Waals surface area contributed by atoms with E-state index in [1.807, 2.05) is 12.1 Å². The van der Waals surface area contributed by atoms with Crippen LogP contribution in [0.1, 0.15) is 37.3 Å². The number of rotatable bonds is 0. The van der Waals surface area contributed by atoms with Crippen LogP contribution in [0.4, 0.5) is 0 Å². The van der Waals surface area contributed by atoms with Crippen LogP contribution < -0.4 is 0 Å². The van der Waals surface area contributed by atoms with Crippen LogP contribution in [0.15, 0.2) is 18.2 Å². The van der Waals surface area contributed by atoms with Crippen molar-refractivity contribution in [3.8, 4) is 5.75 Å². The summed E-state index contributed by atoms with van der Waals surface area (Å²) in [5.41, 5.74) is 3.04. The third-order valence-corrected chi connectivity index (χ3v) is 4.73. The fourth-order valence-electron chi connectivity index (χ4n) is 4.02. The van der Waals surface area contributed by atoms with Gasteiger partial charge in [-0.2, -0.15) is 0 Å². The monoisotopic (exact) mass is 217 g/mol. The van der Waals surface area contributed by atoms with E-state index < -0.39 is 0 Å². The van der Waals surface area contributed by atoms with Gasteiger partial charge in [0.25, 0.3) is 0 Å². The molecular formula is C14H19NO. The molecule has 1 N–H and O–H groups in total. The summed E-state index contributed by atoms with van der Waals surface area (Å²) < 4.78 is 0. The van der Waals surface area contributed by atoms with Crippen molar-refractivity contribution in [2.24, 2.45) is 0 Å². The normalized spacial score (nSPS) is 37.4. The second-order valence-electron chi connectivity index (χ2n) is 5.65. The second-order valence-corrected chi connectivity index (χ2v) is 5.65. The number of phenols is 1. The molecule has 0 unspecified atom stereocenters. The van der Waals surface area contributed by atoms with Gasteiger partial charge in [0, 0.05) is 11.5 Å². The van der Waals surface area contributed by atoms with Gasteiger partial charge in [0.1, 0.15) is 5.75 Å². The molecular weight excluding hydrogens is 198 g/mol. The van der Waals surface area contributed by atoms with Crippen LogP contribution in [-0.4, -0.2) is 29.6 Å². The molecule has 2 nitrogen and oxygen atoms in total. The summed E-state index contributed by atoms with van der Waals surface area (Å²) in [5, 5.41) is 9.67. The quantitative estimate of drug-likeness (QED) is 0.721. The molecule has 1 aromatic carbocycles. The first-order valence-corrected chi connectivity index (χ1v) is 6.07. The highest BCUT2D eigenvalue weighted by atomic mass is 16.3. The van der Waals surface area contributed by atoms with E-state index in [1.165, 1.54) is 24.1 Å². The van der Waals surface area contributed by atoms with Crippen LogP contribution in [0, 0.1) is 0 Å². The molecule has 86 valence electrons. The van der Waals surface area contributed by atoms with Crippen LogP contribution in [-0.2, 0) is 5.41 Å². The number of phenolic OH excluding ortho intramolecular Hbond substituents is 1. The lowest BCUT2D eigenvalue weighted by Gasteiger charge is -2.30. The SMILES string of the molecule is C[C@H]1c2ccc(O)cc2[C@]2(C)CCN(C)[C@H]12. The Hall–Kier alpha value is -1.02. The molecule has 1 aliphatic heterocycles. The van der Waals surface area contributed by atoms with Gasteiger partial charge in [-0.15, -0.1) is 0 Å². The molecule has 1 heterocycles. The lowest BCUT2D eigenvalue weighted by molar-refractivity contribution is 0.244. The molecule has 0 radical (unpaired) electrons. The lowest BCUT2D eigenvalue weighted by Crippen LogP contribution is -2.37. The van der Waals surface area contributed by atoms with Crippen LogP contribution in [0.25, 0.3) is 0 Å². The third kappa shape index (κ3) is 1.06. The highest BCUT2D eigenvalue weighted by molar-refractivity contribution is 5.49. The van der Waals surface area contributed by atoms with Gasteiger partial charge in [-0.1, -0.05) is 19.9 Å².